The quantitative estimate of drug-likeness (QED) is 0.834. The lowest BCUT2D eigenvalue weighted by Crippen LogP contribution is -2.47. The van der Waals surface area contributed by atoms with Crippen LogP contribution in [0.5, 0.6) is 0 Å². The minimum Gasteiger partial charge on any atom is -0.462 e. The molecule has 0 aliphatic carbocycles. The van der Waals surface area contributed by atoms with E-state index in [0.29, 0.717) is 41.2 Å². The summed E-state index contributed by atoms with van der Waals surface area (Å²) in [7, 11) is 2.06. The van der Waals surface area contributed by atoms with Crippen molar-refractivity contribution < 1.29 is 14.0 Å². The fourth-order valence-corrected chi connectivity index (χ4v) is 4.83. The van der Waals surface area contributed by atoms with Gasteiger partial charge in [-0.3, -0.25) is 9.59 Å². The number of piperazine rings is 1. The van der Waals surface area contributed by atoms with E-state index in [4.69, 9.17) is 4.42 Å². The topological polar surface area (TPSA) is 81.9 Å². The maximum atomic E-state index is 13.0. The number of carbonyl (C=O) groups is 2. The standard InChI is InChI=1S/C21H27N5O3/c1-24-4-6-26(7-5-24)21(28)17-13-29-19-10-22-18(9-16(17)19)20(27)23-15-8-14-2-3-25(11-14)12-15/h9-10,13-15H,2-8,11-12H2,1H3,(H,23,27)/t14-,15-/m1/s1. The number of likely N-dealkylation sites (N-methyl/N-ethyl adjacent to an activating group) is 1. The molecule has 0 spiro atoms. The summed E-state index contributed by atoms with van der Waals surface area (Å²) in [6, 6.07) is 1.85. The molecule has 2 amide bonds. The average Bonchev–Trinajstić information content (AvgIpc) is 3.30. The predicted octanol–water partition coefficient (Wildman–Crippen LogP) is 1.04. The average molecular weight is 397 g/mol. The van der Waals surface area contributed by atoms with Crippen molar-refractivity contribution in [2.45, 2.75) is 18.9 Å². The van der Waals surface area contributed by atoms with Crippen LogP contribution in [-0.4, -0.2) is 90.4 Å². The van der Waals surface area contributed by atoms with Crippen molar-refractivity contribution in [3.8, 4) is 0 Å². The van der Waals surface area contributed by atoms with Crippen LogP contribution in [0.4, 0.5) is 0 Å². The molecule has 0 radical (unpaired) electrons. The van der Waals surface area contributed by atoms with Crippen LogP contribution >= 0.6 is 0 Å². The Hall–Kier alpha value is -2.45. The van der Waals surface area contributed by atoms with Gasteiger partial charge in [0.2, 0.25) is 0 Å². The van der Waals surface area contributed by atoms with Gasteiger partial charge in [-0.2, -0.15) is 0 Å². The van der Waals surface area contributed by atoms with Gasteiger partial charge in [-0.1, -0.05) is 0 Å². The van der Waals surface area contributed by atoms with E-state index in [9.17, 15) is 9.59 Å². The maximum absolute atomic E-state index is 13.0. The minimum absolute atomic E-state index is 0.0499. The van der Waals surface area contributed by atoms with Crippen molar-refractivity contribution >= 4 is 22.8 Å². The number of amides is 2. The van der Waals surface area contributed by atoms with Gasteiger partial charge in [0.25, 0.3) is 11.8 Å². The number of pyridine rings is 1. The van der Waals surface area contributed by atoms with Gasteiger partial charge in [0.05, 0.1) is 11.8 Å². The number of hydrogen-bond acceptors (Lipinski definition) is 6. The Morgan fingerprint density at radius 2 is 2.00 bits per heavy atom. The lowest BCUT2D eigenvalue weighted by Gasteiger charge is -2.32. The van der Waals surface area contributed by atoms with Crippen LogP contribution in [0.15, 0.2) is 22.9 Å². The summed E-state index contributed by atoms with van der Waals surface area (Å²) in [6.45, 7) is 6.30. The van der Waals surface area contributed by atoms with Crippen molar-refractivity contribution in [3.05, 3.63) is 29.8 Å². The van der Waals surface area contributed by atoms with Gasteiger partial charge < -0.3 is 24.4 Å². The monoisotopic (exact) mass is 397 g/mol. The number of piperidine rings is 1. The van der Waals surface area contributed by atoms with Crippen molar-refractivity contribution in [2.24, 2.45) is 5.92 Å². The number of nitrogens with zero attached hydrogens (tertiary/aromatic N) is 4. The van der Waals surface area contributed by atoms with E-state index in [1.165, 1.54) is 12.7 Å². The molecule has 0 aromatic carbocycles. The van der Waals surface area contributed by atoms with Gasteiger partial charge in [0, 0.05) is 50.7 Å². The Balaban J connectivity index is 1.33. The molecule has 3 saturated heterocycles. The van der Waals surface area contributed by atoms with Gasteiger partial charge in [0.1, 0.15) is 12.0 Å². The summed E-state index contributed by atoms with van der Waals surface area (Å²) >= 11 is 0. The Morgan fingerprint density at radius 1 is 1.17 bits per heavy atom. The van der Waals surface area contributed by atoms with E-state index in [1.807, 2.05) is 4.90 Å². The van der Waals surface area contributed by atoms with Crippen molar-refractivity contribution in [3.63, 3.8) is 0 Å². The van der Waals surface area contributed by atoms with Gasteiger partial charge in [0.15, 0.2) is 5.58 Å². The first kappa shape index (κ1) is 18.6. The first-order valence-electron chi connectivity index (χ1n) is 10.4. The smallest absolute Gasteiger partial charge is 0.270 e. The molecule has 3 atom stereocenters. The third-order valence-corrected chi connectivity index (χ3v) is 6.52. The molecular formula is C21H27N5O3. The molecule has 29 heavy (non-hydrogen) atoms. The zero-order valence-corrected chi connectivity index (χ0v) is 16.8. The molecule has 1 unspecified atom stereocenters. The normalized spacial score (nSPS) is 27.3. The molecule has 2 aromatic heterocycles. The number of hydrogen-bond donors (Lipinski definition) is 1. The molecule has 0 saturated carbocycles. The van der Waals surface area contributed by atoms with Crippen LogP contribution in [0.25, 0.3) is 11.0 Å². The molecule has 8 nitrogen and oxygen atoms in total. The highest BCUT2D eigenvalue weighted by Gasteiger charge is 2.33. The van der Waals surface area contributed by atoms with Gasteiger partial charge >= 0.3 is 0 Å². The maximum Gasteiger partial charge on any atom is 0.270 e. The highest BCUT2D eigenvalue weighted by Crippen LogP contribution is 2.27. The van der Waals surface area contributed by atoms with Gasteiger partial charge in [-0.25, -0.2) is 4.98 Å². The number of furan rings is 1. The van der Waals surface area contributed by atoms with E-state index < -0.39 is 0 Å². The predicted molar refractivity (Wildman–Crippen MR) is 108 cm³/mol. The molecule has 3 aliphatic rings. The molecule has 2 bridgehead atoms. The Bertz CT molecular complexity index is 922. The van der Waals surface area contributed by atoms with Gasteiger partial charge in [-0.15, -0.1) is 0 Å². The second kappa shape index (κ2) is 7.42. The highest BCUT2D eigenvalue weighted by molar-refractivity contribution is 6.07. The van der Waals surface area contributed by atoms with Crippen LogP contribution < -0.4 is 5.32 Å². The number of aromatic nitrogens is 1. The molecule has 2 aromatic rings. The fourth-order valence-electron chi connectivity index (χ4n) is 4.83. The van der Waals surface area contributed by atoms with Crippen LogP contribution in [0, 0.1) is 5.92 Å². The largest absolute Gasteiger partial charge is 0.462 e. The SMILES string of the molecule is CN1CCN(C(=O)c2coc3cnc(C(=O)N[C@@H]4C[C@H]5CCN(C5)C4)cc23)CC1. The lowest BCUT2D eigenvalue weighted by atomic mass is 9.97. The van der Waals surface area contributed by atoms with E-state index in [0.717, 1.165) is 39.1 Å². The Kier molecular flexibility index (Phi) is 4.75. The van der Waals surface area contributed by atoms with E-state index >= 15 is 0 Å². The van der Waals surface area contributed by atoms with E-state index in [1.54, 1.807) is 12.3 Å². The molecule has 5 heterocycles. The summed E-state index contributed by atoms with van der Waals surface area (Å²) in [6.07, 6.45) is 5.28. The number of rotatable bonds is 3. The highest BCUT2D eigenvalue weighted by atomic mass is 16.3. The van der Waals surface area contributed by atoms with Crippen molar-refractivity contribution in [1.29, 1.82) is 0 Å². The molecular weight excluding hydrogens is 370 g/mol. The van der Waals surface area contributed by atoms with Crippen molar-refractivity contribution in [2.75, 3.05) is 52.9 Å². The minimum atomic E-state index is -0.182. The molecule has 8 heteroatoms. The first-order chi connectivity index (χ1) is 14.1. The molecule has 3 aliphatic heterocycles. The summed E-state index contributed by atoms with van der Waals surface area (Å²) in [5.74, 6) is 0.454. The third kappa shape index (κ3) is 3.62. The zero-order chi connectivity index (χ0) is 20.0. The number of nitrogens with one attached hydrogen (secondary N) is 1. The van der Waals surface area contributed by atoms with Crippen LogP contribution in [0.3, 0.4) is 0 Å². The first-order valence-corrected chi connectivity index (χ1v) is 10.4. The Labute approximate surface area is 169 Å². The second-order valence-corrected chi connectivity index (χ2v) is 8.63. The van der Waals surface area contributed by atoms with Crippen LogP contribution in [0.1, 0.15) is 33.7 Å². The molecule has 1 N–H and O–H groups in total. The fraction of sp³-hybridized carbons (Fsp3) is 0.571. The second-order valence-electron chi connectivity index (χ2n) is 8.63. The van der Waals surface area contributed by atoms with Crippen LogP contribution in [0.2, 0.25) is 0 Å². The number of fused-ring (bicyclic) bond motifs is 3. The van der Waals surface area contributed by atoms with Crippen LogP contribution in [-0.2, 0) is 0 Å². The Morgan fingerprint density at radius 3 is 2.79 bits per heavy atom. The molecule has 5 rings (SSSR count). The summed E-state index contributed by atoms with van der Waals surface area (Å²) in [4.78, 5) is 36.5. The summed E-state index contributed by atoms with van der Waals surface area (Å²) < 4.78 is 5.54. The zero-order valence-electron chi connectivity index (χ0n) is 16.8. The summed E-state index contributed by atoms with van der Waals surface area (Å²) in [5.41, 5.74) is 1.36. The van der Waals surface area contributed by atoms with E-state index in [2.05, 4.69) is 27.1 Å². The third-order valence-electron chi connectivity index (χ3n) is 6.52. The van der Waals surface area contributed by atoms with Crippen molar-refractivity contribution in [1.82, 2.24) is 25.0 Å². The number of carbonyl (C=O) groups excluding carboxylic acids is 2. The van der Waals surface area contributed by atoms with Gasteiger partial charge in [-0.05, 0) is 38.4 Å². The molecule has 3 fully saturated rings. The summed E-state index contributed by atoms with van der Waals surface area (Å²) in [5, 5.41) is 3.79. The lowest BCUT2D eigenvalue weighted by molar-refractivity contribution is 0.0664. The van der Waals surface area contributed by atoms with E-state index in [-0.39, 0.29) is 17.9 Å². The molecule has 154 valence electrons.